The van der Waals surface area contributed by atoms with Gasteiger partial charge < -0.3 is 25.3 Å². The molecule has 302 valence electrons. The second kappa shape index (κ2) is 44.2. The monoisotopic (exact) mass is 723 g/mol. The third-order valence-electron chi connectivity index (χ3n) is 9.31. The lowest BCUT2D eigenvalue weighted by molar-refractivity contribution is -0.149. The lowest BCUT2D eigenvalue weighted by Gasteiger charge is -2.20. The molecule has 51 heavy (non-hydrogen) atoms. The first-order valence-electron chi connectivity index (χ1n) is 21.2. The number of amides is 1. The normalized spacial score (nSPS) is 12.8. The van der Waals surface area contributed by atoms with E-state index < -0.39 is 0 Å². The molecule has 1 amide bonds. The van der Waals surface area contributed by atoms with Crippen molar-refractivity contribution in [2.45, 2.75) is 189 Å². The Morgan fingerprint density at radius 2 is 1.24 bits per heavy atom. The Bertz CT molecular complexity index is 787. The molecule has 0 heterocycles. The highest BCUT2D eigenvalue weighted by molar-refractivity contribution is 5.81. The maximum Gasteiger partial charge on any atom is 0.308 e. The van der Waals surface area contributed by atoms with Gasteiger partial charge in [-0.15, -0.1) is 13.2 Å². The number of hydrogen-bond acceptors (Lipinski definition) is 6. The summed E-state index contributed by atoms with van der Waals surface area (Å²) < 4.78 is 10.8. The molecule has 0 rings (SSSR count). The molecule has 7 nitrogen and oxygen atoms in total. The summed E-state index contributed by atoms with van der Waals surface area (Å²) in [6.45, 7) is 19.3. The molecular formula is C44H86N2O5. The van der Waals surface area contributed by atoms with Gasteiger partial charge in [0.15, 0.2) is 0 Å². The molecule has 0 fully saturated rings. The van der Waals surface area contributed by atoms with Crippen molar-refractivity contribution in [2.24, 2.45) is 23.5 Å². The lowest BCUT2D eigenvalue weighted by Crippen LogP contribution is -2.34. The van der Waals surface area contributed by atoms with Crippen molar-refractivity contribution < 1.29 is 23.9 Å². The maximum atomic E-state index is 12.8. The molecule has 0 radical (unpaired) electrons. The van der Waals surface area contributed by atoms with Crippen LogP contribution in [0.25, 0.3) is 0 Å². The van der Waals surface area contributed by atoms with Crippen molar-refractivity contribution in [3.63, 3.8) is 0 Å². The highest BCUT2D eigenvalue weighted by atomic mass is 16.5. The third kappa shape index (κ3) is 34.8. The number of nitrogens with two attached hydrogens (primary N) is 1. The Labute approximate surface area is 317 Å². The van der Waals surface area contributed by atoms with Gasteiger partial charge in [-0.25, -0.2) is 0 Å². The zero-order valence-corrected chi connectivity index (χ0v) is 34.7. The molecule has 3 unspecified atom stereocenters. The fourth-order valence-corrected chi connectivity index (χ4v) is 6.19. The Kier molecular flexibility index (Phi) is 46.2. The van der Waals surface area contributed by atoms with Gasteiger partial charge in [-0.1, -0.05) is 130 Å². The number of hydrogen-bond donors (Lipinski definition) is 2. The van der Waals surface area contributed by atoms with Crippen LogP contribution in [-0.2, 0) is 23.9 Å². The van der Waals surface area contributed by atoms with Crippen LogP contribution in [0.4, 0.5) is 0 Å². The standard InChI is InChI=1S/C30H58N2O4.C12H24O.C2H4/c1-5-8-10-13-19-27(18-9-6-2)30(34)36-25-15-12-11-14-23-32-29(33)28(21-22-31)26(17-7-3)20-16-24-35-4;1-3-5-7-8-10-12(11-13)9-6-4-2;1-2/h17,27-28H,5-16,18-25,31H2,1-4H3,(H,32,33);11-12H,3-10H2,1-2H3;1-2H2/b26-17-;;. The minimum absolute atomic E-state index is 0.000375. The summed E-state index contributed by atoms with van der Waals surface area (Å²) in [6.07, 6.45) is 29.2. The number of rotatable bonds is 34. The highest BCUT2D eigenvalue weighted by Gasteiger charge is 2.22. The number of aldehydes is 1. The van der Waals surface area contributed by atoms with Crippen molar-refractivity contribution in [2.75, 3.05) is 33.4 Å². The van der Waals surface area contributed by atoms with E-state index >= 15 is 0 Å². The minimum Gasteiger partial charge on any atom is -0.465 e. The average molecular weight is 723 g/mol. The van der Waals surface area contributed by atoms with Gasteiger partial charge in [-0.2, -0.15) is 0 Å². The van der Waals surface area contributed by atoms with Crippen LogP contribution in [0.15, 0.2) is 24.8 Å². The molecule has 7 heteroatoms. The van der Waals surface area contributed by atoms with Gasteiger partial charge in [-0.3, -0.25) is 9.59 Å². The van der Waals surface area contributed by atoms with E-state index in [-0.39, 0.29) is 23.7 Å². The van der Waals surface area contributed by atoms with Gasteiger partial charge >= 0.3 is 5.97 Å². The average Bonchev–Trinajstić information content (AvgIpc) is 3.15. The van der Waals surface area contributed by atoms with Crippen LogP contribution in [0.1, 0.15) is 189 Å². The fraction of sp³-hybridized carbons (Fsp3) is 0.841. The van der Waals surface area contributed by atoms with Gasteiger partial charge in [0.2, 0.25) is 5.91 Å². The van der Waals surface area contributed by atoms with Crippen LogP contribution < -0.4 is 11.1 Å². The molecule has 0 spiro atoms. The number of carbonyl (C=O) groups is 3. The van der Waals surface area contributed by atoms with E-state index in [0.717, 1.165) is 96.2 Å². The van der Waals surface area contributed by atoms with E-state index in [1.807, 2.05) is 0 Å². The topological polar surface area (TPSA) is 108 Å². The summed E-state index contributed by atoms with van der Waals surface area (Å²) in [5.74, 6) is 0.355. The van der Waals surface area contributed by atoms with Crippen molar-refractivity contribution in [1.82, 2.24) is 5.32 Å². The molecule has 3 N–H and O–H groups in total. The molecule has 0 bridgehead atoms. The van der Waals surface area contributed by atoms with Crippen molar-refractivity contribution in [3.05, 3.63) is 24.8 Å². The third-order valence-corrected chi connectivity index (χ3v) is 9.31. The molecule has 0 saturated carbocycles. The molecule has 0 saturated heterocycles. The van der Waals surface area contributed by atoms with Crippen LogP contribution >= 0.6 is 0 Å². The van der Waals surface area contributed by atoms with Gasteiger partial charge in [0.25, 0.3) is 0 Å². The van der Waals surface area contributed by atoms with E-state index in [1.54, 1.807) is 7.11 Å². The number of nitrogens with one attached hydrogen (secondary N) is 1. The van der Waals surface area contributed by atoms with Gasteiger partial charge in [-0.05, 0) is 77.2 Å². The second-order valence-corrected chi connectivity index (χ2v) is 13.9. The van der Waals surface area contributed by atoms with Gasteiger partial charge in [0.05, 0.1) is 18.4 Å². The Morgan fingerprint density at radius 3 is 1.80 bits per heavy atom. The molecule has 0 aromatic heterocycles. The second-order valence-electron chi connectivity index (χ2n) is 13.9. The zero-order valence-electron chi connectivity index (χ0n) is 34.7. The predicted octanol–water partition coefficient (Wildman–Crippen LogP) is 11.5. The number of methoxy groups -OCH3 is 1. The number of allylic oxidation sites excluding steroid dienone is 1. The summed E-state index contributed by atoms with van der Waals surface area (Å²) in [6, 6.07) is 0. The Hall–Kier alpha value is -1.99. The highest BCUT2D eigenvalue weighted by Crippen LogP contribution is 2.22. The van der Waals surface area contributed by atoms with Crippen molar-refractivity contribution in [3.8, 4) is 0 Å². The summed E-state index contributed by atoms with van der Waals surface area (Å²) in [5, 5.41) is 3.12. The van der Waals surface area contributed by atoms with E-state index in [1.165, 1.54) is 63.4 Å². The molecule has 0 aliphatic carbocycles. The number of ether oxygens (including phenoxy) is 2. The molecule has 0 aliphatic rings. The van der Waals surface area contributed by atoms with Crippen molar-refractivity contribution >= 4 is 18.2 Å². The van der Waals surface area contributed by atoms with Crippen molar-refractivity contribution in [1.29, 1.82) is 0 Å². The van der Waals surface area contributed by atoms with E-state index in [2.05, 4.69) is 59.2 Å². The molecule has 0 aromatic rings. The van der Waals surface area contributed by atoms with Gasteiger partial charge in [0, 0.05) is 26.2 Å². The first-order valence-corrected chi connectivity index (χ1v) is 21.2. The quantitative estimate of drug-likeness (QED) is 0.0296. The molecule has 0 aromatic carbocycles. The van der Waals surface area contributed by atoms with E-state index in [4.69, 9.17) is 15.2 Å². The smallest absolute Gasteiger partial charge is 0.308 e. The van der Waals surface area contributed by atoms with Crippen LogP contribution in [0.5, 0.6) is 0 Å². The molecular weight excluding hydrogens is 636 g/mol. The van der Waals surface area contributed by atoms with E-state index in [9.17, 15) is 14.4 Å². The fourth-order valence-electron chi connectivity index (χ4n) is 6.19. The van der Waals surface area contributed by atoms with E-state index in [0.29, 0.717) is 38.6 Å². The summed E-state index contributed by atoms with van der Waals surface area (Å²) in [7, 11) is 1.71. The SMILES string of the molecule is C=C.CC/C=C(/CCCOC)C(CCN)C(=O)NCCCCCCOC(=O)C(CCCC)CCCCCC.CCCCCCC(C=O)CCCC. The van der Waals surface area contributed by atoms with Crippen LogP contribution in [0.3, 0.4) is 0 Å². The van der Waals surface area contributed by atoms with Gasteiger partial charge in [0.1, 0.15) is 6.29 Å². The number of carbonyl (C=O) groups excluding carboxylic acids is 3. The summed E-state index contributed by atoms with van der Waals surface area (Å²) in [4.78, 5) is 36.1. The first kappa shape index (κ1) is 53.4. The van der Waals surface area contributed by atoms with Crippen LogP contribution in [-0.4, -0.2) is 51.6 Å². The van der Waals surface area contributed by atoms with Crippen LogP contribution in [0, 0.1) is 17.8 Å². The molecule has 0 aliphatic heterocycles. The first-order chi connectivity index (χ1) is 24.9. The Balaban J connectivity index is -0.00000128. The zero-order chi connectivity index (χ0) is 38.8. The Morgan fingerprint density at radius 1 is 0.686 bits per heavy atom. The predicted molar refractivity (Wildman–Crippen MR) is 220 cm³/mol. The maximum absolute atomic E-state index is 12.8. The largest absolute Gasteiger partial charge is 0.465 e. The molecule has 3 atom stereocenters. The number of esters is 1. The lowest BCUT2D eigenvalue weighted by atomic mass is 9.90. The summed E-state index contributed by atoms with van der Waals surface area (Å²) >= 11 is 0. The number of unbranched alkanes of at least 4 members (excludes halogenated alkanes) is 11. The minimum atomic E-state index is -0.145. The van der Waals surface area contributed by atoms with Crippen LogP contribution in [0.2, 0.25) is 0 Å². The summed E-state index contributed by atoms with van der Waals surface area (Å²) in [5.41, 5.74) is 6.99.